The third-order valence-electron chi connectivity index (χ3n) is 0.988. The van der Waals surface area contributed by atoms with Crippen LogP contribution in [0.4, 0.5) is 4.39 Å². The summed E-state index contributed by atoms with van der Waals surface area (Å²) in [5.41, 5.74) is 0. The van der Waals surface area contributed by atoms with E-state index >= 15 is 0 Å². The van der Waals surface area contributed by atoms with Gasteiger partial charge in [-0.05, 0) is 0 Å². The monoisotopic (exact) mass is 250 g/mol. The Morgan fingerprint density at radius 3 is 2.00 bits per heavy atom. The molecule has 0 amide bonds. The second-order valence-corrected chi connectivity index (χ2v) is 5.35. The summed E-state index contributed by atoms with van der Waals surface area (Å²) < 4.78 is 41.4. The zero-order chi connectivity index (χ0) is 9.52. The van der Waals surface area contributed by atoms with E-state index in [0.717, 1.165) is 0 Å². The third-order valence-corrected chi connectivity index (χ3v) is 3.69. The van der Waals surface area contributed by atoms with Gasteiger partial charge < -0.3 is 0 Å². The Morgan fingerprint density at radius 1 is 1.33 bits per heavy atom. The van der Waals surface area contributed by atoms with Crippen molar-refractivity contribution in [1.82, 2.24) is 0 Å². The zero-order valence-electron chi connectivity index (χ0n) is 5.21. The molecular formula is C4HCl2FO3S2. The molecule has 0 aliphatic heterocycles. The molecule has 0 bridgehead atoms. The molecule has 1 N–H and O–H groups in total. The average molecular weight is 251 g/mol. The first-order valence-electron chi connectivity index (χ1n) is 2.45. The minimum absolute atomic E-state index is 0.389. The Balaban J connectivity index is 3.54. The molecule has 3 nitrogen and oxygen atoms in total. The van der Waals surface area contributed by atoms with E-state index in [2.05, 4.69) is 0 Å². The summed E-state index contributed by atoms with van der Waals surface area (Å²) in [6.07, 6.45) is 0. The van der Waals surface area contributed by atoms with E-state index < -0.39 is 25.2 Å². The van der Waals surface area contributed by atoms with E-state index in [1.807, 2.05) is 0 Å². The van der Waals surface area contributed by atoms with Crippen LogP contribution in [-0.4, -0.2) is 13.0 Å². The second kappa shape index (κ2) is 3.12. The van der Waals surface area contributed by atoms with Crippen molar-refractivity contribution in [3.63, 3.8) is 0 Å². The predicted molar refractivity (Wildman–Crippen MR) is 44.1 cm³/mol. The van der Waals surface area contributed by atoms with Crippen molar-refractivity contribution in [3.05, 3.63) is 14.5 Å². The van der Waals surface area contributed by atoms with Crippen LogP contribution in [-0.2, 0) is 10.1 Å². The van der Waals surface area contributed by atoms with Crippen molar-refractivity contribution in [3.8, 4) is 0 Å². The van der Waals surface area contributed by atoms with Crippen LogP contribution in [0.1, 0.15) is 0 Å². The molecule has 0 aliphatic rings. The summed E-state index contributed by atoms with van der Waals surface area (Å²) in [4.78, 5) is -0.959. The van der Waals surface area contributed by atoms with Crippen molar-refractivity contribution in [2.45, 2.75) is 4.90 Å². The Morgan fingerprint density at radius 2 is 1.83 bits per heavy atom. The minimum atomic E-state index is -4.62. The molecule has 0 saturated heterocycles. The maximum absolute atomic E-state index is 12.8. The molecule has 1 rings (SSSR count). The molecule has 12 heavy (non-hydrogen) atoms. The summed E-state index contributed by atoms with van der Waals surface area (Å²) >= 11 is 11.1. The summed E-state index contributed by atoms with van der Waals surface area (Å²) in [5.74, 6) is -1.21. The van der Waals surface area contributed by atoms with E-state index in [9.17, 15) is 12.8 Å². The Bertz CT molecular complexity index is 410. The lowest BCUT2D eigenvalue weighted by molar-refractivity contribution is 0.475. The lowest BCUT2D eigenvalue weighted by Gasteiger charge is -1.91. The summed E-state index contributed by atoms with van der Waals surface area (Å²) in [6.45, 7) is 0. The first kappa shape index (κ1) is 10.2. The van der Waals surface area contributed by atoms with Gasteiger partial charge in [-0.25, -0.2) is 4.39 Å². The van der Waals surface area contributed by atoms with Crippen molar-refractivity contribution in [2.24, 2.45) is 0 Å². The van der Waals surface area contributed by atoms with Gasteiger partial charge in [0.05, 0.1) is 0 Å². The highest BCUT2D eigenvalue weighted by molar-refractivity contribution is 7.86. The van der Waals surface area contributed by atoms with Gasteiger partial charge in [-0.15, -0.1) is 11.3 Å². The molecule has 68 valence electrons. The van der Waals surface area contributed by atoms with E-state index in [4.69, 9.17) is 27.8 Å². The topological polar surface area (TPSA) is 54.4 Å². The van der Waals surface area contributed by atoms with Crippen molar-refractivity contribution < 1.29 is 17.4 Å². The lowest BCUT2D eigenvalue weighted by Crippen LogP contribution is -1.99. The van der Waals surface area contributed by atoms with Crippen LogP contribution >= 0.6 is 34.5 Å². The van der Waals surface area contributed by atoms with Crippen LogP contribution in [0.25, 0.3) is 0 Å². The molecule has 8 heteroatoms. The molecule has 0 spiro atoms. The SMILES string of the molecule is O=S(=O)(O)c1c(Cl)sc(Cl)c1F. The lowest BCUT2D eigenvalue weighted by atomic mass is 10.6. The number of halogens is 3. The van der Waals surface area contributed by atoms with Gasteiger partial charge in [-0.2, -0.15) is 8.42 Å². The molecule has 0 unspecified atom stereocenters. The maximum atomic E-state index is 12.8. The zero-order valence-corrected chi connectivity index (χ0v) is 8.36. The van der Waals surface area contributed by atoms with Gasteiger partial charge in [-0.1, -0.05) is 23.2 Å². The fraction of sp³-hybridized carbons (Fsp3) is 0. The molecule has 0 atom stereocenters. The molecule has 0 saturated carbocycles. The molecule has 1 aromatic rings. The summed E-state index contributed by atoms with van der Waals surface area (Å²) in [5, 5.41) is 0. The van der Waals surface area contributed by atoms with Crippen molar-refractivity contribution in [1.29, 1.82) is 0 Å². The van der Waals surface area contributed by atoms with Crippen LogP contribution in [0.15, 0.2) is 4.90 Å². The van der Waals surface area contributed by atoms with E-state index in [1.165, 1.54) is 0 Å². The smallest absolute Gasteiger partial charge is 0.282 e. The predicted octanol–water partition coefficient (Wildman–Crippen LogP) is 2.44. The number of thiophene rings is 1. The van der Waals surface area contributed by atoms with E-state index in [-0.39, 0.29) is 4.34 Å². The molecule has 0 fully saturated rings. The van der Waals surface area contributed by atoms with Crippen molar-refractivity contribution >= 4 is 44.7 Å². The minimum Gasteiger partial charge on any atom is -0.282 e. The van der Waals surface area contributed by atoms with Gasteiger partial charge >= 0.3 is 0 Å². The molecule has 0 aliphatic carbocycles. The molecular weight excluding hydrogens is 250 g/mol. The normalized spacial score (nSPS) is 12.0. The number of hydrogen-bond acceptors (Lipinski definition) is 3. The highest BCUT2D eigenvalue weighted by atomic mass is 35.5. The summed E-state index contributed by atoms with van der Waals surface area (Å²) in [6, 6.07) is 0. The quantitative estimate of drug-likeness (QED) is 0.780. The van der Waals surface area contributed by atoms with Crippen LogP contribution in [0.5, 0.6) is 0 Å². The van der Waals surface area contributed by atoms with Crippen molar-refractivity contribution in [2.75, 3.05) is 0 Å². The summed E-state index contributed by atoms with van der Waals surface area (Å²) in [7, 11) is -4.62. The van der Waals surface area contributed by atoms with Gasteiger partial charge in [-0.3, -0.25) is 4.55 Å². The van der Waals surface area contributed by atoms with Gasteiger partial charge in [0.1, 0.15) is 8.67 Å². The largest absolute Gasteiger partial charge is 0.299 e. The second-order valence-electron chi connectivity index (χ2n) is 1.77. The number of hydrogen-bond donors (Lipinski definition) is 1. The first-order valence-corrected chi connectivity index (χ1v) is 5.46. The molecule has 1 aromatic heterocycles. The first-order chi connectivity index (χ1) is 5.34. The van der Waals surface area contributed by atoms with E-state index in [1.54, 1.807) is 0 Å². The standard InChI is InChI=1S/C4HCl2FO3S2/c5-3-1(7)2(4(6)11-3)12(8,9)10/h(H,8,9,10). The number of rotatable bonds is 1. The molecule has 1 heterocycles. The average Bonchev–Trinajstić information content (AvgIpc) is 2.05. The van der Waals surface area contributed by atoms with E-state index in [0.29, 0.717) is 11.3 Å². The van der Waals surface area contributed by atoms with Gasteiger partial charge in [0.15, 0.2) is 10.7 Å². The fourth-order valence-electron chi connectivity index (χ4n) is 0.560. The Kier molecular flexibility index (Phi) is 2.65. The Labute approximate surface area is 81.5 Å². The van der Waals surface area contributed by atoms with Gasteiger partial charge in [0, 0.05) is 0 Å². The van der Waals surface area contributed by atoms with Crippen LogP contribution in [0, 0.1) is 5.82 Å². The van der Waals surface area contributed by atoms with Crippen LogP contribution < -0.4 is 0 Å². The Hall–Kier alpha value is 0.120. The molecule has 0 aromatic carbocycles. The molecule has 0 radical (unpaired) electrons. The maximum Gasteiger partial charge on any atom is 0.299 e. The van der Waals surface area contributed by atoms with Crippen LogP contribution in [0.2, 0.25) is 8.67 Å². The third kappa shape index (κ3) is 1.72. The van der Waals surface area contributed by atoms with Gasteiger partial charge in [0.25, 0.3) is 10.1 Å². The van der Waals surface area contributed by atoms with Crippen LogP contribution in [0.3, 0.4) is 0 Å². The fourth-order valence-corrected chi connectivity index (χ4v) is 3.24. The highest BCUT2D eigenvalue weighted by Gasteiger charge is 2.25. The van der Waals surface area contributed by atoms with Gasteiger partial charge in [0.2, 0.25) is 0 Å². The highest BCUT2D eigenvalue weighted by Crippen LogP contribution is 2.37.